The third-order valence-electron chi connectivity index (χ3n) is 2.83. The zero-order chi connectivity index (χ0) is 15.1. The standard InChI is InChI=1S/C16H14Cl2N2O/c17-14-8-6-13(10-15(14)18)11-19-20-16(21)9-7-12-4-2-1-3-5-12/h1-6,8,10-11H,7,9H2,(H,20,21)/b19-11-. The first kappa shape index (κ1) is 15.5. The van der Waals surface area contributed by atoms with Crippen molar-refractivity contribution >= 4 is 35.3 Å². The molecule has 2 rings (SSSR count). The number of hydrogen-bond acceptors (Lipinski definition) is 2. The molecule has 0 fully saturated rings. The number of hydrazone groups is 1. The van der Waals surface area contributed by atoms with Crippen LogP contribution < -0.4 is 5.43 Å². The van der Waals surface area contributed by atoms with Crippen LogP contribution in [0, 0.1) is 0 Å². The van der Waals surface area contributed by atoms with Crippen molar-refractivity contribution in [2.75, 3.05) is 0 Å². The van der Waals surface area contributed by atoms with Gasteiger partial charge < -0.3 is 0 Å². The Hall–Kier alpha value is -1.84. The van der Waals surface area contributed by atoms with Crippen LogP contribution in [0.15, 0.2) is 53.6 Å². The number of aryl methyl sites for hydroxylation is 1. The molecular formula is C16H14Cl2N2O. The fourth-order valence-corrected chi connectivity index (χ4v) is 2.04. The van der Waals surface area contributed by atoms with E-state index < -0.39 is 0 Å². The lowest BCUT2D eigenvalue weighted by Crippen LogP contribution is -2.17. The maximum Gasteiger partial charge on any atom is 0.240 e. The number of nitrogens with one attached hydrogen (secondary N) is 1. The molecule has 0 heterocycles. The van der Waals surface area contributed by atoms with Gasteiger partial charge in [-0.1, -0.05) is 59.6 Å². The van der Waals surface area contributed by atoms with Gasteiger partial charge in [0.15, 0.2) is 0 Å². The van der Waals surface area contributed by atoms with Gasteiger partial charge in [-0.15, -0.1) is 0 Å². The Labute approximate surface area is 133 Å². The van der Waals surface area contributed by atoms with Crippen LogP contribution in [0.3, 0.4) is 0 Å². The van der Waals surface area contributed by atoms with E-state index in [0.29, 0.717) is 22.9 Å². The zero-order valence-electron chi connectivity index (χ0n) is 11.2. The van der Waals surface area contributed by atoms with Crippen LogP contribution in [0.4, 0.5) is 0 Å². The lowest BCUT2D eigenvalue weighted by atomic mass is 10.1. The summed E-state index contributed by atoms with van der Waals surface area (Å²) >= 11 is 11.7. The first-order valence-electron chi connectivity index (χ1n) is 6.46. The van der Waals surface area contributed by atoms with Crippen molar-refractivity contribution in [1.82, 2.24) is 5.43 Å². The van der Waals surface area contributed by atoms with Gasteiger partial charge in [-0.2, -0.15) is 5.10 Å². The second-order valence-electron chi connectivity index (χ2n) is 4.45. The molecular weight excluding hydrogens is 307 g/mol. The fraction of sp³-hybridized carbons (Fsp3) is 0.125. The highest BCUT2D eigenvalue weighted by Crippen LogP contribution is 2.21. The second kappa shape index (κ2) is 7.81. The average Bonchev–Trinajstić information content (AvgIpc) is 2.50. The SMILES string of the molecule is O=C(CCc1ccccc1)N/N=C\c1ccc(Cl)c(Cl)c1. The molecule has 0 saturated heterocycles. The van der Waals surface area contributed by atoms with Crippen LogP contribution in [0.2, 0.25) is 10.0 Å². The van der Waals surface area contributed by atoms with Crippen LogP contribution in [0.25, 0.3) is 0 Å². The highest BCUT2D eigenvalue weighted by atomic mass is 35.5. The molecule has 0 bridgehead atoms. The van der Waals surface area contributed by atoms with Gasteiger partial charge in [-0.05, 0) is 29.7 Å². The zero-order valence-corrected chi connectivity index (χ0v) is 12.7. The summed E-state index contributed by atoms with van der Waals surface area (Å²) in [7, 11) is 0. The number of carbonyl (C=O) groups is 1. The number of amides is 1. The van der Waals surface area contributed by atoms with Gasteiger partial charge in [0.25, 0.3) is 0 Å². The molecule has 1 N–H and O–H groups in total. The van der Waals surface area contributed by atoms with Gasteiger partial charge in [-0.25, -0.2) is 5.43 Å². The summed E-state index contributed by atoms with van der Waals surface area (Å²) in [6, 6.07) is 15.0. The molecule has 0 aromatic heterocycles. The minimum Gasteiger partial charge on any atom is -0.273 e. The summed E-state index contributed by atoms with van der Waals surface area (Å²) in [6.07, 6.45) is 2.61. The molecule has 0 radical (unpaired) electrons. The lowest BCUT2D eigenvalue weighted by molar-refractivity contribution is -0.121. The van der Waals surface area contributed by atoms with Crippen molar-refractivity contribution in [3.8, 4) is 0 Å². The largest absolute Gasteiger partial charge is 0.273 e. The third kappa shape index (κ3) is 5.21. The van der Waals surface area contributed by atoms with E-state index in [4.69, 9.17) is 23.2 Å². The third-order valence-corrected chi connectivity index (χ3v) is 3.57. The topological polar surface area (TPSA) is 41.5 Å². The van der Waals surface area contributed by atoms with Gasteiger partial charge in [0.1, 0.15) is 0 Å². The highest BCUT2D eigenvalue weighted by molar-refractivity contribution is 6.42. The minimum atomic E-state index is -0.129. The monoisotopic (exact) mass is 320 g/mol. The van der Waals surface area contributed by atoms with E-state index in [1.54, 1.807) is 18.2 Å². The molecule has 0 unspecified atom stereocenters. The first-order chi connectivity index (χ1) is 10.1. The Bertz CT molecular complexity index is 642. The number of benzene rings is 2. The Kier molecular flexibility index (Phi) is 5.78. The summed E-state index contributed by atoms with van der Waals surface area (Å²) in [5.41, 5.74) is 4.39. The van der Waals surface area contributed by atoms with Crippen LogP contribution in [0.5, 0.6) is 0 Å². The molecule has 1 amide bonds. The van der Waals surface area contributed by atoms with Crippen molar-refractivity contribution in [3.63, 3.8) is 0 Å². The van der Waals surface area contributed by atoms with Crippen molar-refractivity contribution in [3.05, 3.63) is 69.7 Å². The Balaban J connectivity index is 1.80. The van der Waals surface area contributed by atoms with Gasteiger partial charge in [0.05, 0.1) is 16.3 Å². The van der Waals surface area contributed by atoms with E-state index in [-0.39, 0.29) is 5.91 Å². The summed E-state index contributed by atoms with van der Waals surface area (Å²) < 4.78 is 0. The Morgan fingerprint density at radius 3 is 2.57 bits per heavy atom. The molecule has 0 aliphatic carbocycles. The number of carbonyl (C=O) groups excluding carboxylic acids is 1. The van der Waals surface area contributed by atoms with Crippen molar-refractivity contribution in [2.45, 2.75) is 12.8 Å². The van der Waals surface area contributed by atoms with E-state index in [0.717, 1.165) is 11.1 Å². The number of hydrogen-bond donors (Lipinski definition) is 1. The van der Waals surface area contributed by atoms with Crippen LogP contribution in [-0.2, 0) is 11.2 Å². The smallest absolute Gasteiger partial charge is 0.240 e. The predicted octanol–water partition coefficient (Wildman–Crippen LogP) is 4.08. The number of rotatable bonds is 5. The van der Waals surface area contributed by atoms with Crippen molar-refractivity contribution in [1.29, 1.82) is 0 Å². The Morgan fingerprint density at radius 2 is 1.86 bits per heavy atom. The van der Waals surface area contributed by atoms with E-state index >= 15 is 0 Å². The minimum absolute atomic E-state index is 0.129. The molecule has 2 aromatic carbocycles. The van der Waals surface area contributed by atoms with E-state index in [2.05, 4.69) is 10.5 Å². The highest BCUT2D eigenvalue weighted by Gasteiger charge is 2.01. The van der Waals surface area contributed by atoms with Crippen LogP contribution in [-0.4, -0.2) is 12.1 Å². The summed E-state index contributed by atoms with van der Waals surface area (Å²) in [5, 5.41) is 4.84. The van der Waals surface area contributed by atoms with Gasteiger partial charge in [0.2, 0.25) is 5.91 Å². The summed E-state index contributed by atoms with van der Waals surface area (Å²) in [4.78, 5) is 11.7. The van der Waals surface area contributed by atoms with Crippen LogP contribution in [0.1, 0.15) is 17.5 Å². The van der Waals surface area contributed by atoms with Crippen LogP contribution >= 0.6 is 23.2 Å². The molecule has 108 valence electrons. The fourth-order valence-electron chi connectivity index (χ4n) is 1.73. The summed E-state index contributed by atoms with van der Waals surface area (Å²) in [6.45, 7) is 0. The van der Waals surface area contributed by atoms with Crippen molar-refractivity contribution in [2.24, 2.45) is 5.10 Å². The Morgan fingerprint density at radius 1 is 1.10 bits per heavy atom. The average molecular weight is 321 g/mol. The molecule has 0 spiro atoms. The second-order valence-corrected chi connectivity index (χ2v) is 5.27. The molecule has 0 aliphatic heterocycles. The number of halogens is 2. The van der Waals surface area contributed by atoms with Gasteiger partial charge >= 0.3 is 0 Å². The lowest BCUT2D eigenvalue weighted by Gasteiger charge is -2.01. The summed E-state index contributed by atoms with van der Waals surface area (Å²) in [5.74, 6) is -0.129. The predicted molar refractivity (Wildman–Crippen MR) is 87.0 cm³/mol. The molecule has 0 atom stereocenters. The van der Waals surface area contributed by atoms with E-state index in [1.165, 1.54) is 6.21 Å². The van der Waals surface area contributed by atoms with Gasteiger partial charge in [0, 0.05) is 6.42 Å². The molecule has 21 heavy (non-hydrogen) atoms. The van der Waals surface area contributed by atoms with E-state index in [1.807, 2.05) is 30.3 Å². The maximum absolute atomic E-state index is 11.7. The van der Waals surface area contributed by atoms with Crippen molar-refractivity contribution < 1.29 is 4.79 Å². The van der Waals surface area contributed by atoms with Gasteiger partial charge in [-0.3, -0.25) is 4.79 Å². The molecule has 0 saturated carbocycles. The molecule has 2 aromatic rings. The normalized spacial score (nSPS) is 10.8. The van der Waals surface area contributed by atoms with E-state index in [9.17, 15) is 4.79 Å². The number of nitrogens with zero attached hydrogens (tertiary/aromatic N) is 1. The molecule has 5 heteroatoms. The molecule has 3 nitrogen and oxygen atoms in total. The first-order valence-corrected chi connectivity index (χ1v) is 7.21. The quantitative estimate of drug-likeness (QED) is 0.654. The molecule has 0 aliphatic rings. The maximum atomic E-state index is 11.7.